The SMILES string of the molecule is CSc1ccc(C(O)C(=N)N)cc1. The van der Waals surface area contributed by atoms with Gasteiger partial charge in [-0.3, -0.25) is 5.41 Å². The lowest BCUT2D eigenvalue weighted by Crippen LogP contribution is -2.19. The molecule has 0 amide bonds. The van der Waals surface area contributed by atoms with Gasteiger partial charge in [-0.2, -0.15) is 0 Å². The second-order valence-electron chi connectivity index (χ2n) is 2.63. The van der Waals surface area contributed by atoms with Gasteiger partial charge < -0.3 is 10.8 Å². The molecule has 70 valence electrons. The number of rotatable bonds is 3. The summed E-state index contributed by atoms with van der Waals surface area (Å²) < 4.78 is 0. The lowest BCUT2D eigenvalue weighted by atomic mass is 10.1. The van der Waals surface area contributed by atoms with E-state index in [4.69, 9.17) is 11.1 Å². The summed E-state index contributed by atoms with van der Waals surface area (Å²) in [5, 5.41) is 16.5. The van der Waals surface area contributed by atoms with Crippen molar-refractivity contribution in [2.45, 2.75) is 11.0 Å². The third-order valence-electron chi connectivity index (χ3n) is 1.73. The number of hydrogen-bond acceptors (Lipinski definition) is 3. The van der Waals surface area contributed by atoms with Crippen LogP contribution in [0.1, 0.15) is 11.7 Å². The van der Waals surface area contributed by atoms with Crippen molar-refractivity contribution in [3.8, 4) is 0 Å². The van der Waals surface area contributed by atoms with Crippen LogP contribution in [-0.2, 0) is 0 Å². The van der Waals surface area contributed by atoms with E-state index in [1.807, 2.05) is 18.4 Å². The molecule has 0 heterocycles. The maximum Gasteiger partial charge on any atom is 0.135 e. The lowest BCUT2D eigenvalue weighted by molar-refractivity contribution is 0.245. The molecule has 0 bridgehead atoms. The highest BCUT2D eigenvalue weighted by molar-refractivity contribution is 7.98. The number of benzene rings is 1. The number of thioether (sulfide) groups is 1. The summed E-state index contributed by atoms with van der Waals surface area (Å²) in [6.07, 6.45) is 1.01. The van der Waals surface area contributed by atoms with E-state index >= 15 is 0 Å². The van der Waals surface area contributed by atoms with Crippen LogP contribution in [-0.4, -0.2) is 17.2 Å². The minimum atomic E-state index is -0.976. The number of aliphatic hydroxyl groups is 1. The molecule has 3 nitrogen and oxygen atoms in total. The largest absolute Gasteiger partial charge is 0.385 e. The molecule has 4 heteroatoms. The second kappa shape index (κ2) is 4.30. The van der Waals surface area contributed by atoms with Crippen LogP contribution >= 0.6 is 11.8 Å². The fourth-order valence-electron chi connectivity index (χ4n) is 0.966. The summed E-state index contributed by atoms with van der Waals surface area (Å²) in [5.41, 5.74) is 5.82. The van der Waals surface area contributed by atoms with E-state index in [-0.39, 0.29) is 5.84 Å². The van der Waals surface area contributed by atoms with E-state index in [1.54, 1.807) is 23.9 Å². The van der Waals surface area contributed by atoms with Crippen LogP contribution in [0.15, 0.2) is 29.2 Å². The van der Waals surface area contributed by atoms with Crippen LogP contribution in [0.3, 0.4) is 0 Å². The number of nitrogens with two attached hydrogens (primary N) is 1. The zero-order valence-electron chi connectivity index (χ0n) is 7.32. The fourth-order valence-corrected chi connectivity index (χ4v) is 1.37. The highest BCUT2D eigenvalue weighted by atomic mass is 32.2. The monoisotopic (exact) mass is 196 g/mol. The van der Waals surface area contributed by atoms with Crippen LogP contribution < -0.4 is 5.73 Å². The molecule has 1 aromatic rings. The zero-order chi connectivity index (χ0) is 9.84. The minimum Gasteiger partial charge on any atom is -0.385 e. The van der Waals surface area contributed by atoms with Crippen molar-refractivity contribution in [1.82, 2.24) is 0 Å². The molecule has 0 aromatic heterocycles. The lowest BCUT2D eigenvalue weighted by Gasteiger charge is -2.08. The molecule has 0 radical (unpaired) electrons. The number of hydrogen-bond donors (Lipinski definition) is 3. The molecule has 0 aliphatic carbocycles. The third-order valence-corrected chi connectivity index (χ3v) is 2.47. The molecule has 0 spiro atoms. The average molecular weight is 196 g/mol. The molecule has 4 N–H and O–H groups in total. The van der Waals surface area contributed by atoms with Gasteiger partial charge in [-0.05, 0) is 24.0 Å². The molecule has 1 atom stereocenters. The van der Waals surface area contributed by atoms with Gasteiger partial charge in [0.05, 0.1) is 0 Å². The second-order valence-corrected chi connectivity index (χ2v) is 3.51. The van der Waals surface area contributed by atoms with Crippen LogP contribution in [0.2, 0.25) is 0 Å². The van der Waals surface area contributed by atoms with Gasteiger partial charge >= 0.3 is 0 Å². The summed E-state index contributed by atoms with van der Waals surface area (Å²) in [4.78, 5) is 1.12. The normalized spacial score (nSPS) is 12.5. The maximum atomic E-state index is 9.41. The van der Waals surface area contributed by atoms with Crippen molar-refractivity contribution >= 4 is 17.6 Å². The Balaban J connectivity index is 2.85. The molecule has 1 unspecified atom stereocenters. The Kier molecular flexibility index (Phi) is 3.33. The summed E-state index contributed by atoms with van der Waals surface area (Å²) in [7, 11) is 0. The van der Waals surface area contributed by atoms with Crippen LogP contribution in [0.25, 0.3) is 0 Å². The predicted molar refractivity (Wildman–Crippen MR) is 55.1 cm³/mol. The van der Waals surface area contributed by atoms with E-state index in [0.29, 0.717) is 5.56 Å². The average Bonchev–Trinajstić information content (AvgIpc) is 2.17. The zero-order valence-corrected chi connectivity index (χ0v) is 8.14. The van der Waals surface area contributed by atoms with Gasteiger partial charge in [0.15, 0.2) is 0 Å². The van der Waals surface area contributed by atoms with Gasteiger partial charge in [0, 0.05) is 4.90 Å². The van der Waals surface area contributed by atoms with E-state index in [0.717, 1.165) is 4.90 Å². The highest BCUT2D eigenvalue weighted by Gasteiger charge is 2.09. The molecule has 0 aliphatic rings. The van der Waals surface area contributed by atoms with Gasteiger partial charge in [-0.15, -0.1) is 11.8 Å². The number of amidine groups is 1. The molecule has 0 aliphatic heterocycles. The quantitative estimate of drug-likeness (QED) is 0.388. The van der Waals surface area contributed by atoms with Crippen molar-refractivity contribution in [2.75, 3.05) is 6.26 Å². The number of aliphatic hydroxyl groups excluding tert-OH is 1. The van der Waals surface area contributed by atoms with Crippen molar-refractivity contribution in [3.63, 3.8) is 0 Å². The Morgan fingerprint density at radius 1 is 1.46 bits per heavy atom. The van der Waals surface area contributed by atoms with Crippen molar-refractivity contribution in [3.05, 3.63) is 29.8 Å². The summed E-state index contributed by atoms with van der Waals surface area (Å²) in [6, 6.07) is 7.34. The Labute approximate surface area is 81.5 Å². The van der Waals surface area contributed by atoms with Crippen molar-refractivity contribution < 1.29 is 5.11 Å². The first-order valence-electron chi connectivity index (χ1n) is 3.81. The fraction of sp³-hybridized carbons (Fsp3) is 0.222. The predicted octanol–water partition coefficient (Wildman–Crippen LogP) is 1.38. The van der Waals surface area contributed by atoms with Gasteiger partial charge in [0.2, 0.25) is 0 Å². The Bertz CT molecular complexity index is 297. The van der Waals surface area contributed by atoms with Crippen LogP contribution in [0.5, 0.6) is 0 Å². The molecule has 1 rings (SSSR count). The van der Waals surface area contributed by atoms with Gasteiger partial charge in [-0.1, -0.05) is 12.1 Å². The first kappa shape index (κ1) is 10.1. The summed E-state index contributed by atoms with van der Waals surface area (Å²) in [5.74, 6) is -0.225. The number of nitrogens with one attached hydrogen (secondary N) is 1. The first-order valence-corrected chi connectivity index (χ1v) is 5.03. The van der Waals surface area contributed by atoms with E-state index in [9.17, 15) is 5.11 Å². The topological polar surface area (TPSA) is 70.1 Å². The van der Waals surface area contributed by atoms with Gasteiger partial charge in [0.1, 0.15) is 11.9 Å². The van der Waals surface area contributed by atoms with E-state index < -0.39 is 6.10 Å². The summed E-state index contributed by atoms with van der Waals surface area (Å²) in [6.45, 7) is 0. The van der Waals surface area contributed by atoms with Crippen LogP contribution in [0.4, 0.5) is 0 Å². The molecular formula is C9H12N2OS. The molecule has 1 aromatic carbocycles. The minimum absolute atomic E-state index is 0.225. The van der Waals surface area contributed by atoms with Crippen molar-refractivity contribution in [2.24, 2.45) is 5.73 Å². The van der Waals surface area contributed by atoms with Crippen LogP contribution in [0, 0.1) is 5.41 Å². The molecule has 13 heavy (non-hydrogen) atoms. The maximum absolute atomic E-state index is 9.41. The standard InChI is InChI=1S/C9H12N2OS/c1-13-7-4-2-6(3-5-7)8(12)9(10)11/h2-5,8,12H,1H3,(H3,10,11). The Morgan fingerprint density at radius 2 is 2.00 bits per heavy atom. The first-order chi connectivity index (χ1) is 6.15. The summed E-state index contributed by atoms with van der Waals surface area (Å²) >= 11 is 1.63. The van der Waals surface area contributed by atoms with Gasteiger partial charge in [0.25, 0.3) is 0 Å². The van der Waals surface area contributed by atoms with E-state index in [2.05, 4.69) is 0 Å². The smallest absolute Gasteiger partial charge is 0.135 e. The molecular weight excluding hydrogens is 184 g/mol. The Morgan fingerprint density at radius 3 is 2.38 bits per heavy atom. The third kappa shape index (κ3) is 2.47. The van der Waals surface area contributed by atoms with Gasteiger partial charge in [-0.25, -0.2) is 0 Å². The van der Waals surface area contributed by atoms with E-state index in [1.165, 1.54) is 0 Å². The highest BCUT2D eigenvalue weighted by Crippen LogP contribution is 2.18. The molecule has 0 fully saturated rings. The molecule has 0 saturated carbocycles. The Hall–Kier alpha value is -1.00. The van der Waals surface area contributed by atoms with Crippen molar-refractivity contribution in [1.29, 1.82) is 5.41 Å². The molecule has 0 saturated heterocycles.